The van der Waals surface area contributed by atoms with Crippen LogP contribution in [0.3, 0.4) is 0 Å². The molecule has 0 bridgehead atoms. The first kappa shape index (κ1) is 28.0. The molecule has 0 radical (unpaired) electrons. The molecule has 0 saturated heterocycles. The molecule has 0 aliphatic heterocycles. The number of halogens is 2. The Kier molecular flexibility index (Phi) is 16.3. The van der Waals surface area contributed by atoms with Gasteiger partial charge >= 0.3 is 0 Å². The summed E-state index contributed by atoms with van der Waals surface area (Å²) in [6.07, 6.45) is 0. The maximum atomic E-state index is 5.57. The van der Waals surface area contributed by atoms with E-state index in [1.807, 2.05) is 48.5 Å². The highest BCUT2D eigenvalue weighted by Crippen LogP contribution is 2.16. The lowest BCUT2D eigenvalue weighted by molar-refractivity contribution is -0.0141. The third kappa shape index (κ3) is 15.3. The van der Waals surface area contributed by atoms with Crippen LogP contribution in [0.5, 0.6) is 11.5 Å². The minimum Gasteiger partial charge on any atom is -0.491 e. The lowest BCUT2D eigenvalue weighted by Crippen LogP contribution is -2.15. The van der Waals surface area contributed by atoms with Crippen molar-refractivity contribution in [3.05, 3.63) is 57.5 Å². The third-order valence-corrected chi connectivity index (χ3v) is 5.17. The maximum Gasteiger partial charge on any atom is 0.119 e. The van der Waals surface area contributed by atoms with Gasteiger partial charge in [-0.05, 0) is 48.5 Å². The first-order chi connectivity index (χ1) is 16.2. The third-order valence-electron chi connectivity index (χ3n) is 4.11. The number of ether oxygens (including phenoxy) is 7. The standard InChI is InChI=1S/C24H32Br2O7/c25-21-1-5-23(6-2-21)32-19-17-30-15-13-28-11-9-27-10-12-29-14-16-31-18-20-33-24-7-3-22(26)4-8-24/h1-8H,9-20H2. The van der Waals surface area contributed by atoms with Crippen molar-refractivity contribution < 1.29 is 33.2 Å². The minimum atomic E-state index is 0.509. The van der Waals surface area contributed by atoms with Crippen LogP contribution < -0.4 is 9.47 Å². The van der Waals surface area contributed by atoms with Crippen molar-refractivity contribution in [3.8, 4) is 11.5 Å². The van der Waals surface area contributed by atoms with Crippen molar-refractivity contribution in [2.24, 2.45) is 0 Å². The molecule has 0 aromatic heterocycles. The molecule has 0 fully saturated rings. The molecule has 0 spiro atoms. The Bertz CT molecular complexity index is 652. The van der Waals surface area contributed by atoms with E-state index in [4.69, 9.17) is 33.2 Å². The average molecular weight is 592 g/mol. The molecule has 7 nitrogen and oxygen atoms in total. The lowest BCUT2D eigenvalue weighted by Gasteiger charge is -2.09. The SMILES string of the molecule is Brc1ccc(OCCOCCOCCOCCOCCOCCOc2ccc(Br)cc2)cc1. The van der Waals surface area contributed by atoms with Gasteiger partial charge in [0, 0.05) is 8.95 Å². The predicted octanol–water partition coefficient (Wildman–Crippen LogP) is 4.75. The second-order valence-corrected chi connectivity index (χ2v) is 8.50. The fraction of sp³-hybridized carbons (Fsp3) is 0.500. The van der Waals surface area contributed by atoms with Crippen molar-refractivity contribution in [3.63, 3.8) is 0 Å². The molecular formula is C24H32Br2O7. The van der Waals surface area contributed by atoms with Gasteiger partial charge in [0.05, 0.1) is 66.1 Å². The molecule has 0 amide bonds. The van der Waals surface area contributed by atoms with E-state index in [-0.39, 0.29) is 0 Å². The highest BCUT2D eigenvalue weighted by molar-refractivity contribution is 9.10. The van der Waals surface area contributed by atoms with E-state index in [2.05, 4.69) is 31.9 Å². The Morgan fingerprint density at radius 1 is 0.364 bits per heavy atom. The molecule has 0 saturated carbocycles. The molecule has 184 valence electrons. The molecule has 0 N–H and O–H groups in total. The van der Waals surface area contributed by atoms with Crippen LogP contribution in [0.2, 0.25) is 0 Å². The van der Waals surface area contributed by atoms with Crippen LogP contribution in [-0.4, -0.2) is 79.3 Å². The quantitative estimate of drug-likeness (QED) is 0.206. The number of hydrogen-bond acceptors (Lipinski definition) is 7. The van der Waals surface area contributed by atoms with Gasteiger partial charge in [0.25, 0.3) is 0 Å². The fourth-order valence-electron chi connectivity index (χ4n) is 2.48. The lowest BCUT2D eigenvalue weighted by atomic mass is 10.3. The number of hydrogen-bond donors (Lipinski definition) is 0. The zero-order valence-corrected chi connectivity index (χ0v) is 21.9. The van der Waals surface area contributed by atoms with E-state index in [0.717, 1.165) is 20.4 Å². The van der Waals surface area contributed by atoms with Gasteiger partial charge < -0.3 is 33.2 Å². The van der Waals surface area contributed by atoms with E-state index in [1.54, 1.807) is 0 Å². The summed E-state index contributed by atoms with van der Waals surface area (Å²) in [4.78, 5) is 0. The molecule has 9 heteroatoms. The summed E-state index contributed by atoms with van der Waals surface area (Å²) in [7, 11) is 0. The molecule has 0 heterocycles. The summed E-state index contributed by atoms with van der Waals surface area (Å²) in [5, 5.41) is 0. The summed E-state index contributed by atoms with van der Waals surface area (Å²) in [5.41, 5.74) is 0. The van der Waals surface area contributed by atoms with Crippen LogP contribution in [0.25, 0.3) is 0 Å². The van der Waals surface area contributed by atoms with Crippen LogP contribution in [-0.2, 0) is 23.7 Å². The highest BCUT2D eigenvalue weighted by atomic mass is 79.9. The van der Waals surface area contributed by atoms with Crippen molar-refractivity contribution in [2.75, 3.05) is 79.3 Å². The fourth-order valence-corrected chi connectivity index (χ4v) is 3.01. The molecular weight excluding hydrogens is 560 g/mol. The molecule has 0 aliphatic rings. The maximum absolute atomic E-state index is 5.57. The van der Waals surface area contributed by atoms with Crippen LogP contribution in [0.4, 0.5) is 0 Å². The summed E-state index contributed by atoms with van der Waals surface area (Å²) in [6.45, 7) is 6.29. The summed E-state index contributed by atoms with van der Waals surface area (Å²) >= 11 is 6.78. The van der Waals surface area contributed by atoms with E-state index < -0.39 is 0 Å². The van der Waals surface area contributed by atoms with Gasteiger partial charge in [0.1, 0.15) is 24.7 Å². The second-order valence-electron chi connectivity index (χ2n) is 6.67. The zero-order valence-electron chi connectivity index (χ0n) is 18.7. The zero-order chi connectivity index (χ0) is 23.4. The van der Waals surface area contributed by atoms with Crippen LogP contribution >= 0.6 is 31.9 Å². The minimum absolute atomic E-state index is 0.509. The molecule has 2 aromatic rings. The van der Waals surface area contributed by atoms with Gasteiger partial charge in [-0.15, -0.1) is 0 Å². The normalized spacial score (nSPS) is 11.0. The molecule has 0 aliphatic carbocycles. The monoisotopic (exact) mass is 590 g/mol. The first-order valence-corrected chi connectivity index (χ1v) is 12.5. The van der Waals surface area contributed by atoms with E-state index in [0.29, 0.717) is 79.3 Å². The summed E-state index contributed by atoms with van der Waals surface area (Å²) < 4.78 is 40.5. The van der Waals surface area contributed by atoms with Crippen molar-refractivity contribution in [1.29, 1.82) is 0 Å². The second kappa shape index (κ2) is 19.1. The average Bonchev–Trinajstić information content (AvgIpc) is 2.83. The van der Waals surface area contributed by atoms with E-state index in [9.17, 15) is 0 Å². The Morgan fingerprint density at radius 3 is 0.879 bits per heavy atom. The predicted molar refractivity (Wildman–Crippen MR) is 133 cm³/mol. The number of rotatable bonds is 20. The molecule has 33 heavy (non-hydrogen) atoms. The Labute approximate surface area is 212 Å². The summed E-state index contributed by atoms with van der Waals surface area (Å²) in [5.74, 6) is 1.66. The first-order valence-electron chi connectivity index (χ1n) is 10.9. The van der Waals surface area contributed by atoms with Gasteiger partial charge in [0.2, 0.25) is 0 Å². The Balaban J connectivity index is 1.23. The van der Waals surface area contributed by atoms with Crippen molar-refractivity contribution in [2.45, 2.75) is 0 Å². The van der Waals surface area contributed by atoms with Crippen molar-refractivity contribution in [1.82, 2.24) is 0 Å². The van der Waals surface area contributed by atoms with Crippen LogP contribution in [0.1, 0.15) is 0 Å². The Morgan fingerprint density at radius 2 is 0.606 bits per heavy atom. The molecule has 0 atom stereocenters. The van der Waals surface area contributed by atoms with Gasteiger partial charge in [-0.2, -0.15) is 0 Å². The van der Waals surface area contributed by atoms with Gasteiger partial charge in [-0.3, -0.25) is 0 Å². The summed E-state index contributed by atoms with van der Waals surface area (Å²) in [6, 6.07) is 15.4. The smallest absolute Gasteiger partial charge is 0.119 e. The van der Waals surface area contributed by atoms with E-state index >= 15 is 0 Å². The number of benzene rings is 2. The molecule has 2 rings (SSSR count). The molecule has 2 aromatic carbocycles. The topological polar surface area (TPSA) is 64.6 Å². The Hall–Kier alpha value is -1.20. The van der Waals surface area contributed by atoms with Gasteiger partial charge in [-0.1, -0.05) is 31.9 Å². The van der Waals surface area contributed by atoms with Crippen LogP contribution in [0, 0.1) is 0 Å². The van der Waals surface area contributed by atoms with Crippen LogP contribution in [0.15, 0.2) is 57.5 Å². The highest BCUT2D eigenvalue weighted by Gasteiger charge is 1.97. The van der Waals surface area contributed by atoms with Gasteiger partial charge in [0.15, 0.2) is 0 Å². The van der Waals surface area contributed by atoms with Crippen molar-refractivity contribution >= 4 is 31.9 Å². The van der Waals surface area contributed by atoms with E-state index in [1.165, 1.54) is 0 Å². The molecule has 0 unspecified atom stereocenters. The van der Waals surface area contributed by atoms with Gasteiger partial charge in [-0.25, -0.2) is 0 Å². The largest absolute Gasteiger partial charge is 0.491 e.